The van der Waals surface area contributed by atoms with Crippen LogP contribution in [0.1, 0.15) is 19.4 Å². The lowest BCUT2D eigenvalue weighted by molar-refractivity contribution is 0.0532. The van der Waals surface area contributed by atoms with Crippen molar-refractivity contribution in [3.05, 3.63) is 34.6 Å². The first-order valence-corrected chi connectivity index (χ1v) is 6.72. The summed E-state index contributed by atoms with van der Waals surface area (Å²) in [5.41, 5.74) is -0.162. The zero-order chi connectivity index (χ0) is 15.3. The Labute approximate surface area is 123 Å². The number of halogens is 2. The van der Waals surface area contributed by atoms with E-state index in [1.807, 2.05) is 0 Å². The molecule has 2 amide bonds. The molecule has 1 aromatic rings. The van der Waals surface area contributed by atoms with Crippen molar-refractivity contribution in [2.24, 2.45) is 0 Å². The van der Waals surface area contributed by atoms with E-state index in [1.165, 1.54) is 17.0 Å². The maximum absolute atomic E-state index is 12.9. The summed E-state index contributed by atoms with van der Waals surface area (Å²) in [6.07, 6.45) is 0.515. The number of likely N-dealkylation sites (N-methyl/N-ethyl adjacent to an activating group) is 1. The van der Waals surface area contributed by atoms with Gasteiger partial charge in [0.1, 0.15) is 5.82 Å². The van der Waals surface area contributed by atoms with Crippen molar-refractivity contribution in [3.63, 3.8) is 0 Å². The molecule has 0 aliphatic heterocycles. The molecule has 0 bridgehead atoms. The number of hydrogen-bond acceptors (Lipinski definition) is 2. The van der Waals surface area contributed by atoms with Crippen LogP contribution in [-0.4, -0.2) is 41.8 Å². The van der Waals surface area contributed by atoms with Gasteiger partial charge in [0, 0.05) is 18.6 Å². The van der Waals surface area contributed by atoms with E-state index >= 15 is 0 Å². The molecule has 0 heterocycles. The summed E-state index contributed by atoms with van der Waals surface area (Å²) in [5, 5.41) is 12.7. The summed E-state index contributed by atoms with van der Waals surface area (Å²) in [4.78, 5) is 13.2. The lowest BCUT2D eigenvalue weighted by atomic mass is 10.1. The van der Waals surface area contributed by atoms with Gasteiger partial charge in [-0.15, -0.1) is 0 Å². The van der Waals surface area contributed by atoms with Crippen molar-refractivity contribution >= 4 is 17.6 Å². The number of nitrogens with zero attached hydrogens (tertiary/aromatic N) is 1. The zero-order valence-electron chi connectivity index (χ0n) is 11.9. The Bertz CT molecular complexity index is 475. The normalized spacial score (nSPS) is 11.3. The van der Waals surface area contributed by atoms with Crippen LogP contribution in [0.25, 0.3) is 0 Å². The van der Waals surface area contributed by atoms with Crippen LogP contribution < -0.4 is 5.32 Å². The second kappa shape index (κ2) is 6.90. The van der Waals surface area contributed by atoms with Gasteiger partial charge in [0.2, 0.25) is 0 Å². The Morgan fingerprint density at radius 2 is 2.15 bits per heavy atom. The van der Waals surface area contributed by atoms with Crippen molar-refractivity contribution in [2.45, 2.75) is 25.9 Å². The zero-order valence-corrected chi connectivity index (χ0v) is 12.7. The highest BCUT2D eigenvalue weighted by atomic mass is 35.5. The summed E-state index contributed by atoms with van der Waals surface area (Å²) in [6.45, 7) is 3.89. The third-order valence-electron chi connectivity index (χ3n) is 2.66. The Hall–Kier alpha value is -1.33. The summed E-state index contributed by atoms with van der Waals surface area (Å²) in [7, 11) is 1.61. The first-order chi connectivity index (χ1) is 9.19. The van der Waals surface area contributed by atoms with Gasteiger partial charge >= 0.3 is 6.03 Å². The third-order valence-corrected chi connectivity index (χ3v) is 3.01. The monoisotopic (exact) mass is 302 g/mol. The molecule has 0 unspecified atom stereocenters. The van der Waals surface area contributed by atoms with Crippen LogP contribution in [0.5, 0.6) is 0 Å². The molecule has 0 fully saturated rings. The molecule has 20 heavy (non-hydrogen) atoms. The fourth-order valence-electron chi connectivity index (χ4n) is 1.82. The number of amides is 2. The van der Waals surface area contributed by atoms with Crippen molar-refractivity contribution in [2.75, 3.05) is 20.1 Å². The van der Waals surface area contributed by atoms with Gasteiger partial charge in [-0.05, 0) is 38.0 Å². The van der Waals surface area contributed by atoms with E-state index in [1.54, 1.807) is 27.0 Å². The van der Waals surface area contributed by atoms with Gasteiger partial charge in [0.25, 0.3) is 0 Å². The molecule has 4 nitrogen and oxygen atoms in total. The first-order valence-electron chi connectivity index (χ1n) is 6.34. The summed E-state index contributed by atoms with van der Waals surface area (Å²) in [5.74, 6) is -0.382. The average Bonchev–Trinajstić information content (AvgIpc) is 2.29. The summed E-state index contributed by atoms with van der Waals surface area (Å²) in [6, 6.07) is 3.91. The molecule has 0 saturated carbocycles. The minimum atomic E-state index is -0.938. The number of benzene rings is 1. The number of hydrogen-bond donors (Lipinski definition) is 2. The molecular weight excluding hydrogens is 283 g/mol. The fourth-order valence-corrected chi connectivity index (χ4v) is 2.08. The summed E-state index contributed by atoms with van der Waals surface area (Å²) < 4.78 is 12.9. The van der Waals surface area contributed by atoms with E-state index in [4.69, 9.17) is 11.6 Å². The smallest absolute Gasteiger partial charge is 0.317 e. The van der Waals surface area contributed by atoms with Gasteiger partial charge in [0.05, 0.1) is 12.1 Å². The molecule has 0 saturated heterocycles. The molecule has 0 spiro atoms. The Morgan fingerprint density at radius 1 is 1.50 bits per heavy atom. The minimum absolute atomic E-state index is 0.232. The largest absolute Gasteiger partial charge is 0.389 e. The van der Waals surface area contributed by atoms with Gasteiger partial charge in [-0.3, -0.25) is 0 Å². The van der Waals surface area contributed by atoms with E-state index < -0.39 is 5.60 Å². The highest BCUT2D eigenvalue weighted by molar-refractivity contribution is 6.31. The molecule has 0 aliphatic rings. The van der Waals surface area contributed by atoms with Gasteiger partial charge in [-0.25, -0.2) is 9.18 Å². The second-order valence-corrected chi connectivity index (χ2v) is 5.79. The third kappa shape index (κ3) is 5.75. The molecule has 1 aromatic carbocycles. The van der Waals surface area contributed by atoms with Gasteiger partial charge in [0.15, 0.2) is 0 Å². The molecule has 2 N–H and O–H groups in total. The minimum Gasteiger partial charge on any atom is -0.389 e. The SMILES string of the molecule is CN(CC(C)(C)O)C(=O)NCCc1ccc(F)cc1Cl. The van der Waals surface area contributed by atoms with Crippen molar-refractivity contribution in [3.8, 4) is 0 Å². The Morgan fingerprint density at radius 3 is 2.70 bits per heavy atom. The quantitative estimate of drug-likeness (QED) is 0.878. The number of rotatable bonds is 5. The molecule has 0 radical (unpaired) electrons. The van der Waals surface area contributed by atoms with Crippen molar-refractivity contribution in [1.29, 1.82) is 0 Å². The second-order valence-electron chi connectivity index (χ2n) is 5.39. The topological polar surface area (TPSA) is 52.6 Å². The lowest BCUT2D eigenvalue weighted by Crippen LogP contribution is -2.45. The molecule has 1 rings (SSSR count). The van der Waals surface area contributed by atoms with E-state index in [2.05, 4.69) is 5.32 Å². The van der Waals surface area contributed by atoms with Gasteiger partial charge in [-0.2, -0.15) is 0 Å². The number of aliphatic hydroxyl groups is 1. The Balaban J connectivity index is 2.42. The van der Waals surface area contributed by atoms with Gasteiger partial charge in [-0.1, -0.05) is 17.7 Å². The first kappa shape index (κ1) is 16.7. The van der Waals surface area contributed by atoms with Crippen LogP contribution >= 0.6 is 11.6 Å². The molecule has 0 atom stereocenters. The average molecular weight is 303 g/mol. The van der Waals surface area contributed by atoms with Crippen LogP contribution in [0, 0.1) is 5.82 Å². The highest BCUT2D eigenvalue weighted by Crippen LogP contribution is 2.17. The van der Waals surface area contributed by atoms with E-state index in [0.717, 1.165) is 5.56 Å². The van der Waals surface area contributed by atoms with Crippen LogP contribution in [0.3, 0.4) is 0 Å². The van der Waals surface area contributed by atoms with Crippen LogP contribution in [0.2, 0.25) is 5.02 Å². The van der Waals surface area contributed by atoms with Crippen molar-refractivity contribution in [1.82, 2.24) is 10.2 Å². The highest BCUT2D eigenvalue weighted by Gasteiger charge is 2.18. The molecular formula is C14H20ClFN2O2. The number of urea groups is 1. The fraction of sp³-hybridized carbons (Fsp3) is 0.500. The molecule has 112 valence electrons. The van der Waals surface area contributed by atoms with E-state index in [0.29, 0.717) is 18.0 Å². The number of carbonyl (C=O) groups excluding carboxylic acids is 1. The van der Waals surface area contributed by atoms with E-state index in [9.17, 15) is 14.3 Å². The van der Waals surface area contributed by atoms with Crippen LogP contribution in [0.15, 0.2) is 18.2 Å². The predicted octanol–water partition coefficient (Wildman–Crippen LogP) is 2.43. The predicted molar refractivity (Wildman–Crippen MR) is 77.4 cm³/mol. The Kier molecular flexibility index (Phi) is 5.77. The standard InChI is InChI=1S/C14H20ClFN2O2/c1-14(2,20)9-18(3)13(19)17-7-6-10-4-5-11(16)8-12(10)15/h4-5,8,20H,6-7,9H2,1-3H3,(H,17,19). The number of carbonyl (C=O) groups is 1. The maximum Gasteiger partial charge on any atom is 0.317 e. The molecule has 6 heteroatoms. The molecule has 0 aromatic heterocycles. The summed E-state index contributed by atoms with van der Waals surface area (Å²) >= 11 is 5.90. The van der Waals surface area contributed by atoms with Crippen LogP contribution in [-0.2, 0) is 6.42 Å². The van der Waals surface area contributed by atoms with E-state index in [-0.39, 0.29) is 18.4 Å². The van der Waals surface area contributed by atoms with Crippen LogP contribution in [0.4, 0.5) is 9.18 Å². The van der Waals surface area contributed by atoms with Gasteiger partial charge < -0.3 is 15.3 Å². The lowest BCUT2D eigenvalue weighted by Gasteiger charge is -2.25. The number of nitrogens with one attached hydrogen (secondary N) is 1. The molecule has 0 aliphatic carbocycles. The maximum atomic E-state index is 12.9. The van der Waals surface area contributed by atoms with Crippen molar-refractivity contribution < 1.29 is 14.3 Å².